The molecule has 7 nitrogen and oxygen atoms in total. The molecule has 1 atom stereocenters. The first kappa shape index (κ1) is 15.0. The molecule has 120 valence electrons. The van der Waals surface area contributed by atoms with E-state index in [1.807, 2.05) is 6.07 Å². The second-order valence-electron chi connectivity index (χ2n) is 5.89. The van der Waals surface area contributed by atoms with E-state index < -0.39 is 6.04 Å². The molecule has 1 fully saturated rings. The molecule has 1 aromatic heterocycles. The van der Waals surface area contributed by atoms with Crippen LogP contribution >= 0.6 is 0 Å². The molecule has 1 aliphatic heterocycles. The maximum Gasteiger partial charge on any atom is 0.249 e. The third-order valence-electron chi connectivity index (χ3n) is 4.44. The molecule has 0 unspecified atom stereocenters. The first-order chi connectivity index (χ1) is 10.7. The van der Waals surface area contributed by atoms with Crippen molar-refractivity contribution in [1.82, 2.24) is 20.0 Å². The molecule has 1 aliphatic carbocycles. The van der Waals surface area contributed by atoms with Crippen LogP contribution in [0.4, 0.5) is 0 Å². The van der Waals surface area contributed by atoms with Crippen molar-refractivity contribution in [2.75, 3.05) is 20.2 Å². The van der Waals surface area contributed by atoms with Gasteiger partial charge in [-0.3, -0.25) is 14.3 Å². The molecule has 2 amide bonds. The second kappa shape index (κ2) is 6.48. The molecular weight excluding hydrogens is 284 g/mol. The van der Waals surface area contributed by atoms with Gasteiger partial charge in [-0.15, -0.1) is 0 Å². The number of aromatic nitrogens is 2. The van der Waals surface area contributed by atoms with E-state index in [9.17, 15) is 9.59 Å². The summed E-state index contributed by atoms with van der Waals surface area (Å²) in [4.78, 5) is 26.1. The Kier molecular flexibility index (Phi) is 4.42. The average Bonchev–Trinajstić information content (AvgIpc) is 3.21. The monoisotopic (exact) mass is 306 g/mol. The summed E-state index contributed by atoms with van der Waals surface area (Å²) >= 11 is 0. The van der Waals surface area contributed by atoms with Crippen molar-refractivity contribution in [3.63, 3.8) is 0 Å². The average molecular weight is 306 g/mol. The smallest absolute Gasteiger partial charge is 0.249 e. The number of likely N-dealkylation sites (N-methyl/N-ethyl adjacent to an activating group) is 1. The van der Waals surface area contributed by atoms with Gasteiger partial charge in [0, 0.05) is 13.2 Å². The zero-order valence-corrected chi connectivity index (χ0v) is 12.8. The van der Waals surface area contributed by atoms with Crippen molar-refractivity contribution < 1.29 is 14.3 Å². The topological polar surface area (TPSA) is 76.5 Å². The van der Waals surface area contributed by atoms with E-state index in [-0.39, 0.29) is 24.5 Å². The zero-order chi connectivity index (χ0) is 15.5. The van der Waals surface area contributed by atoms with Gasteiger partial charge in [-0.05, 0) is 18.9 Å². The standard InChI is InChI=1S/C15H22N4O3/c1-16-15(21)13-9-18(8-11-6-7-17-19(11)13)14(20)10-22-12-4-2-3-5-12/h6-7,12-13H,2-5,8-10H2,1H3,(H,16,21)/t13-/m1/s1. The fraction of sp³-hybridized carbons (Fsp3) is 0.667. The first-order valence-corrected chi connectivity index (χ1v) is 7.82. The number of amides is 2. The Morgan fingerprint density at radius 2 is 2.18 bits per heavy atom. The number of nitrogens with one attached hydrogen (secondary N) is 1. The fourth-order valence-corrected chi connectivity index (χ4v) is 3.18. The van der Waals surface area contributed by atoms with Gasteiger partial charge in [0.25, 0.3) is 0 Å². The van der Waals surface area contributed by atoms with Crippen molar-refractivity contribution in [2.45, 2.75) is 44.4 Å². The molecular formula is C15H22N4O3. The number of fused-ring (bicyclic) bond motifs is 1. The molecule has 2 heterocycles. The van der Waals surface area contributed by atoms with Gasteiger partial charge in [-0.25, -0.2) is 0 Å². The Hall–Kier alpha value is -1.89. The summed E-state index contributed by atoms with van der Waals surface area (Å²) in [6.45, 7) is 0.904. The minimum absolute atomic E-state index is 0.0618. The molecule has 3 rings (SSSR count). The lowest BCUT2D eigenvalue weighted by Gasteiger charge is -2.33. The van der Waals surface area contributed by atoms with Crippen LogP contribution in [-0.4, -0.2) is 52.8 Å². The van der Waals surface area contributed by atoms with Gasteiger partial charge in [-0.2, -0.15) is 5.10 Å². The highest BCUT2D eigenvalue weighted by Crippen LogP contribution is 2.23. The molecule has 1 aromatic rings. The Bertz CT molecular complexity index is 551. The van der Waals surface area contributed by atoms with Crippen LogP contribution in [0.25, 0.3) is 0 Å². The Morgan fingerprint density at radius 3 is 2.91 bits per heavy atom. The van der Waals surface area contributed by atoms with Gasteiger partial charge in [0.15, 0.2) is 0 Å². The lowest BCUT2D eigenvalue weighted by atomic mass is 10.1. The number of nitrogens with zero attached hydrogens (tertiary/aromatic N) is 3. The van der Waals surface area contributed by atoms with Crippen molar-refractivity contribution in [1.29, 1.82) is 0 Å². The Labute approximate surface area is 129 Å². The quantitative estimate of drug-likeness (QED) is 0.877. The largest absolute Gasteiger partial charge is 0.368 e. The van der Waals surface area contributed by atoms with Crippen molar-refractivity contribution >= 4 is 11.8 Å². The van der Waals surface area contributed by atoms with Crippen LogP contribution in [0.5, 0.6) is 0 Å². The maximum absolute atomic E-state index is 12.4. The number of hydrogen-bond acceptors (Lipinski definition) is 4. The van der Waals surface area contributed by atoms with Crippen LogP contribution in [0, 0.1) is 0 Å². The second-order valence-corrected chi connectivity index (χ2v) is 5.89. The maximum atomic E-state index is 12.4. The third-order valence-corrected chi connectivity index (χ3v) is 4.44. The molecule has 1 N–H and O–H groups in total. The van der Waals surface area contributed by atoms with Crippen LogP contribution in [0.1, 0.15) is 37.4 Å². The molecule has 2 aliphatic rings. The summed E-state index contributed by atoms with van der Waals surface area (Å²) in [7, 11) is 1.59. The van der Waals surface area contributed by atoms with E-state index >= 15 is 0 Å². The number of carbonyl (C=O) groups is 2. The van der Waals surface area contributed by atoms with Gasteiger partial charge in [-0.1, -0.05) is 12.8 Å². The van der Waals surface area contributed by atoms with Crippen LogP contribution in [0.2, 0.25) is 0 Å². The molecule has 0 aromatic carbocycles. The number of rotatable bonds is 4. The van der Waals surface area contributed by atoms with Crippen molar-refractivity contribution in [3.05, 3.63) is 18.0 Å². The predicted molar refractivity (Wildman–Crippen MR) is 79.0 cm³/mol. The third kappa shape index (κ3) is 2.99. The molecule has 0 spiro atoms. The van der Waals surface area contributed by atoms with Gasteiger partial charge in [0.05, 0.1) is 24.9 Å². The van der Waals surface area contributed by atoms with Crippen LogP contribution in [0.3, 0.4) is 0 Å². The van der Waals surface area contributed by atoms with E-state index in [1.165, 1.54) is 12.8 Å². The summed E-state index contributed by atoms with van der Waals surface area (Å²) < 4.78 is 7.39. The normalized spacial score (nSPS) is 21.7. The highest BCUT2D eigenvalue weighted by Gasteiger charge is 2.32. The van der Waals surface area contributed by atoms with E-state index in [0.29, 0.717) is 13.1 Å². The summed E-state index contributed by atoms with van der Waals surface area (Å²) in [5.41, 5.74) is 0.870. The van der Waals surface area contributed by atoms with E-state index in [4.69, 9.17) is 4.74 Å². The Morgan fingerprint density at radius 1 is 1.41 bits per heavy atom. The van der Waals surface area contributed by atoms with Crippen LogP contribution < -0.4 is 5.32 Å². The van der Waals surface area contributed by atoms with Gasteiger partial charge >= 0.3 is 0 Å². The molecule has 1 saturated carbocycles. The van der Waals surface area contributed by atoms with E-state index in [1.54, 1.807) is 22.8 Å². The lowest BCUT2D eigenvalue weighted by molar-refractivity contribution is -0.141. The number of ether oxygens (including phenoxy) is 1. The summed E-state index contributed by atoms with van der Waals surface area (Å²) in [5.74, 6) is -0.201. The predicted octanol–water partition coefficient (Wildman–Crippen LogP) is 0.472. The van der Waals surface area contributed by atoms with Crippen molar-refractivity contribution in [3.8, 4) is 0 Å². The molecule has 0 radical (unpaired) electrons. The summed E-state index contributed by atoms with van der Waals surface area (Å²) in [6.07, 6.45) is 6.32. The number of hydrogen-bond donors (Lipinski definition) is 1. The molecule has 0 saturated heterocycles. The number of carbonyl (C=O) groups excluding carboxylic acids is 2. The lowest BCUT2D eigenvalue weighted by Crippen LogP contribution is -2.47. The summed E-state index contributed by atoms with van der Waals surface area (Å²) in [6, 6.07) is 1.37. The first-order valence-electron chi connectivity index (χ1n) is 7.82. The minimum Gasteiger partial charge on any atom is -0.368 e. The van der Waals surface area contributed by atoms with Gasteiger partial charge in [0.1, 0.15) is 12.6 Å². The molecule has 22 heavy (non-hydrogen) atoms. The van der Waals surface area contributed by atoms with Crippen LogP contribution in [0.15, 0.2) is 12.3 Å². The fourth-order valence-electron chi connectivity index (χ4n) is 3.18. The van der Waals surface area contributed by atoms with Crippen LogP contribution in [-0.2, 0) is 20.9 Å². The molecule has 7 heteroatoms. The van der Waals surface area contributed by atoms with Crippen molar-refractivity contribution in [2.24, 2.45) is 0 Å². The Balaban J connectivity index is 1.64. The van der Waals surface area contributed by atoms with Gasteiger partial charge in [0.2, 0.25) is 11.8 Å². The van der Waals surface area contributed by atoms with E-state index in [0.717, 1.165) is 18.5 Å². The molecule has 0 bridgehead atoms. The SMILES string of the molecule is CNC(=O)[C@H]1CN(C(=O)COC2CCCC2)Cc2ccnn21. The highest BCUT2D eigenvalue weighted by molar-refractivity contribution is 5.83. The summed E-state index contributed by atoms with van der Waals surface area (Å²) in [5, 5.41) is 6.83. The zero-order valence-electron chi connectivity index (χ0n) is 12.8. The highest BCUT2D eigenvalue weighted by atomic mass is 16.5. The van der Waals surface area contributed by atoms with Gasteiger partial charge < -0.3 is 15.0 Å². The van der Waals surface area contributed by atoms with E-state index in [2.05, 4.69) is 10.4 Å². The minimum atomic E-state index is -0.473.